The third kappa shape index (κ3) is 3.75. The molecule has 1 aromatic carbocycles. The molecule has 9 heteroatoms. The summed E-state index contributed by atoms with van der Waals surface area (Å²) in [7, 11) is -3.88. The number of benzene rings is 1. The molecule has 0 spiro atoms. The van der Waals surface area contributed by atoms with Crippen molar-refractivity contribution in [3.8, 4) is 0 Å². The van der Waals surface area contributed by atoms with Gasteiger partial charge in [-0.05, 0) is 30.3 Å². The van der Waals surface area contributed by atoms with Gasteiger partial charge in [-0.3, -0.25) is 0 Å². The average Bonchev–Trinajstić information content (AvgIpc) is 2.86. The van der Waals surface area contributed by atoms with Crippen LogP contribution in [0.2, 0.25) is 5.02 Å². The highest BCUT2D eigenvalue weighted by Crippen LogP contribution is 2.21. The highest BCUT2D eigenvalue weighted by Gasteiger charge is 2.13. The number of hydrogen-bond donors (Lipinski definition) is 3. The van der Waals surface area contributed by atoms with E-state index >= 15 is 0 Å². The molecule has 0 atom stereocenters. The van der Waals surface area contributed by atoms with E-state index in [1.54, 1.807) is 6.07 Å². The van der Waals surface area contributed by atoms with Gasteiger partial charge in [0.1, 0.15) is 5.76 Å². The van der Waals surface area contributed by atoms with Crippen molar-refractivity contribution in [3.63, 3.8) is 0 Å². The quantitative estimate of drug-likeness (QED) is 0.769. The molecular formula is C12H11ClN2O5S. The van der Waals surface area contributed by atoms with Crippen LogP contribution in [0.25, 0.3) is 0 Å². The Bertz CT molecular complexity index is 785. The van der Waals surface area contributed by atoms with Crippen LogP contribution in [0.5, 0.6) is 0 Å². The Labute approximate surface area is 125 Å². The van der Waals surface area contributed by atoms with Gasteiger partial charge in [0.2, 0.25) is 5.09 Å². The normalized spacial score (nSPS) is 11.3. The fourth-order valence-electron chi connectivity index (χ4n) is 1.59. The standard InChI is InChI=1S/C12H11ClN2O5S/c13-10-3-1-7(5-9(10)12(16)17)15-6-8-2-4-11(20-8)21(14,18)19/h1-5,15H,6H2,(H,16,17)(H2,14,18,19). The highest BCUT2D eigenvalue weighted by atomic mass is 35.5. The molecule has 0 bridgehead atoms. The second-order valence-corrected chi connectivity index (χ2v) is 6.02. The third-order valence-electron chi connectivity index (χ3n) is 2.58. The number of carboxylic acids is 1. The number of halogens is 1. The number of hydrogen-bond acceptors (Lipinski definition) is 5. The van der Waals surface area contributed by atoms with E-state index in [1.165, 1.54) is 24.3 Å². The maximum atomic E-state index is 11.1. The van der Waals surface area contributed by atoms with Crippen LogP contribution >= 0.6 is 11.6 Å². The van der Waals surface area contributed by atoms with Crippen molar-refractivity contribution in [2.45, 2.75) is 11.6 Å². The van der Waals surface area contributed by atoms with Crippen LogP contribution in [-0.4, -0.2) is 19.5 Å². The van der Waals surface area contributed by atoms with E-state index in [1.807, 2.05) is 0 Å². The lowest BCUT2D eigenvalue weighted by Gasteiger charge is -2.06. The number of aromatic carboxylic acids is 1. The molecule has 0 radical (unpaired) electrons. The minimum atomic E-state index is -3.88. The van der Waals surface area contributed by atoms with E-state index in [0.29, 0.717) is 11.4 Å². The minimum Gasteiger partial charge on any atom is -0.478 e. The van der Waals surface area contributed by atoms with Gasteiger partial charge < -0.3 is 14.8 Å². The first-order valence-corrected chi connectivity index (χ1v) is 7.58. The number of rotatable bonds is 5. The molecule has 7 nitrogen and oxygen atoms in total. The fraction of sp³-hybridized carbons (Fsp3) is 0.0833. The second kappa shape index (κ2) is 5.76. The highest BCUT2D eigenvalue weighted by molar-refractivity contribution is 7.89. The largest absolute Gasteiger partial charge is 0.478 e. The van der Waals surface area contributed by atoms with E-state index in [2.05, 4.69) is 5.32 Å². The molecule has 0 fully saturated rings. The molecule has 0 aliphatic rings. The Morgan fingerprint density at radius 3 is 2.62 bits per heavy atom. The van der Waals surface area contributed by atoms with E-state index in [-0.39, 0.29) is 22.2 Å². The van der Waals surface area contributed by atoms with Crippen LogP contribution in [-0.2, 0) is 16.6 Å². The predicted molar refractivity (Wildman–Crippen MR) is 75.8 cm³/mol. The van der Waals surface area contributed by atoms with Crippen molar-refractivity contribution < 1.29 is 22.7 Å². The predicted octanol–water partition coefficient (Wildman–Crippen LogP) is 1.89. The van der Waals surface area contributed by atoms with Crippen molar-refractivity contribution in [1.29, 1.82) is 0 Å². The number of primary sulfonamides is 1. The second-order valence-electron chi connectivity index (χ2n) is 4.12. The zero-order chi connectivity index (χ0) is 15.6. The number of sulfonamides is 1. The molecule has 1 aromatic heterocycles. The molecule has 1 heterocycles. The molecule has 21 heavy (non-hydrogen) atoms. The molecule has 2 aromatic rings. The Kier molecular flexibility index (Phi) is 4.21. The van der Waals surface area contributed by atoms with Crippen LogP contribution in [0.3, 0.4) is 0 Å². The Hall–Kier alpha value is -2.03. The lowest BCUT2D eigenvalue weighted by atomic mass is 10.2. The number of carbonyl (C=O) groups is 1. The van der Waals surface area contributed by atoms with E-state index in [9.17, 15) is 13.2 Å². The Balaban J connectivity index is 2.12. The van der Waals surface area contributed by atoms with E-state index < -0.39 is 16.0 Å². The zero-order valence-electron chi connectivity index (χ0n) is 10.5. The summed E-state index contributed by atoms with van der Waals surface area (Å²) in [5.41, 5.74) is 0.469. The summed E-state index contributed by atoms with van der Waals surface area (Å²) in [4.78, 5) is 11.0. The van der Waals surface area contributed by atoms with Gasteiger partial charge >= 0.3 is 5.97 Å². The van der Waals surface area contributed by atoms with Gasteiger partial charge in [0.05, 0.1) is 17.1 Å². The number of carboxylic acid groups (broad SMARTS) is 1. The van der Waals surface area contributed by atoms with Gasteiger partial charge in [-0.15, -0.1) is 0 Å². The van der Waals surface area contributed by atoms with E-state index in [4.69, 9.17) is 26.3 Å². The number of nitrogens with one attached hydrogen (secondary N) is 1. The van der Waals surface area contributed by atoms with Crippen LogP contribution in [0.1, 0.15) is 16.1 Å². The molecule has 0 amide bonds. The minimum absolute atomic E-state index is 0.0358. The first-order valence-electron chi connectivity index (χ1n) is 5.65. The molecular weight excluding hydrogens is 320 g/mol. The van der Waals surface area contributed by atoms with Crippen LogP contribution in [0.15, 0.2) is 39.8 Å². The molecule has 0 saturated carbocycles. The average molecular weight is 331 g/mol. The van der Waals surface area contributed by atoms with Gasteiger partial charge in [-0.25, -0.2) is 18.4 Å². The molecule has 112 valence electrons. The van der Waals surface area contributed by atoms with Gasteiger partial charge in [0.25, 0.3) is 10.0 Å². The van der Waals surface area contributed by atoms with Crippen LogP contribution in [0.4, 0.5) is 5.69 Å². The summed E-state index contributed by atoms with van der Waals surface area (Å²) >= 11 is 5.75. The number of anilines is 1. The number of furan rings is 1. The maximum Gasteiger partial charge on any atom is 0.337 e. The molecule has 0 aliphatic heterocycles. The topological polar surface area (TPSA) is 123 Å². The molecule has 2 rings (SSSR count). The first kappa shape index (κ1) is 15.4. The zero-order valence-corrected chi connectivity index (χ0v) is 12.1. The SMILES string of the molecule is NS(=O)(=O)c1ccc(CNc2ccc(Cl)c(C(=O)O)c2)o1. The summed E-state index contributed by atoms with van der Waals surface area (Å²) in [5.74, 6) is -0.802. The molecule has 0 unspecified atom stereocenters. The molecule has 0 saturated heterocycles. The van der Waals surface area contributed by atoms with Gasteiger partial charge in [-0.2, -0.15) is 0 Å². The van der Waals surface area contributed by atoms with E-state index in [0.717, 1.165) is 0 Å². The van der Waals surface area contributed by atoms with Crippen molar-refractivity contribution in [3.05, 3.63) is 46.7 Å². The van der Waals surface area contributed by atoms with Crippen molar-refractivity contribution in [2.24, 2.45) is 5.14 Å². The summed E-state index contributed by atoms with van der Waals surface area (Å²) in [6.45, 7) is 0.163. The van der Waals surface area contributed by atoms with Gasteiger partial charge in [-0.1, -0.05) is 11.6 Å². The van der Waals surface area contributed by atoms with Crippen molar-refractivity contribution >= 4 is 33.3 Å². The third-order valence-corrected chi connectivity index (χ3v) is 3.69. The molecule has 4 N–H and O–H groups in total. The first-order chi connectivity index (χ1) is 9.77. The summed E-state index contributed by atoms with van der Waals surface area (Å²) < 4.78 is 27.2. The summed E-state index contributed by atoms with van der Waals surface area (Å²) in [6, 6.07) is 7.12. The fourth-order valence-corrected chi connectivity index (χ4v) is 2.27. The summed E-state index contributed by atoms with van der Waals surface area (Å²) in [5, 5.41) is 16.6. The van der Waals surface area contributed by atoms with Gasteiger partial charge in [0, 0.05) is 5.69 Å². The van der Waals surface area contributed by atoms with Gasteiger partial charge in [0.15, 0.2) is 0 Å². The van der Waals surface area contributed by atoms with Crippen LogP contribution < -0.4 is 10.5 Å². The Morgan fingerprint density at radius 1 is 1.33 bits per heavy atom. The lowest BCUT2D eigenvalue weighted by Crippen LogP contribution is -2.10. The smallest absolute Gasteiger partial charge is 0.337 e. The monoisotopic (exact) mass is 330 g/mol. The number of nitrogens with two attached hydrogens (primary N) is 1. The summed E-state index contributed by atoms with van der Waals surface area (Å²) in [6.07, 6.45) is 0. The van der Waals surface area contributed by atoms with Crippen molar-refractivity contribution in [2.75, 3.05) is 5.32 Å². The lowest BCUT2D eigenvalue weighted by molar-refractivity contribution is 0.0697. The Morgan fingerprint density at radius 2 is 2.05 bits per heavy atom. The van der Waals surface area contributed by atoms with Crippen molar-refractivity contribution in [1.82, 2.24) is 0 Å². The maximum absolute atomic E-state index is 11.1. The van der Waals surface area contributed by atoms with Crippen LogP contribution in [0, 0.1) is 0 Å². The molecule has 0 aliphatic carbocycles.